The number of aryl methyl sites for hydroxylation is 2. The molecule has 0 bridgehead atoms. The van der Waals surface area contributed by atoms with E-state index in [0.717, 1.165) is 34.5 Å². The molecule has 0 aliphatic heterocycles. The zero-order chi connectivity index (χ0) is 18.2. The van der Waals surface area contributed by atoms with Gasteiger partial charge in [-0.3, -0.25) is 0 Å². The van der Waals surface area contributed by atoms with Gasteiger partial charge in [-0.25, -0.2) is 9.98 Å². The summed E-state index contributed by atoms with van der Waals surface area (Å²) in [5, 5.41) is 7.70. The monoisotopic (exact) mass is 360 g/mol. The first-order valence-electron chi connectivity index (χ1n) is 8.68. The van der Waals surface area contributed by atoms with Gasteiger partial charge in [-0.2, -0.15) is 0 Å². The maximum Gasteiger partial charge on any atom is 0.191 e. The summed E-state index contributed by atoms with van der Waals surface area (Å²) in [6, 6.07) is 8.09. The van der Waals surface area contributed by atoms with Crippen LogP contribution in [0.2, 0.25) is 0 Å². The average Bonchev–Trinajstić information content (AvgIpc) is 2.89. The Morgan fingerprint density at radius 3 is 2.48 bits per heavy atom. The van der Waals surface area contributed by atoms with Crippen LogP contribution in [0.1, 0.15) is 41.9 Å². The third-order valence-corrected chi connectivity index (χ3v) is 4.61. The molecule has 2 N–H and O–H groups in total. The van der Waals surface area contributed by atoms with E-state index in [0.29, 0.717) is 13.1 Å². The minimum absolute atomic E-state index is 0.187. The van der Waals surface area contributed by atoms with E-state index in [1.54, 1.807) is 11.3 Å². The third kappa shape index (κ3) is 6.38. The Morgan fingerprint density at radius 2 is 1.92 bits per heavy atom. The summed E-state index contributed by atoms with van der Waals surface area (Å²) in [7, 11) is 0. The number of ether oxygens (including phenoxy) is 1. The van der Waals surface area contributed by atoms with Crippen molar-refractivity contribution in [3.05, 3.63) is 45.4 Å². The van der Waals surface area contributed by atoms with E-state index in [1.807, 2.05) is 32.9 Å². The number of nitrogens with zero attached hydrogens (tertiary/aromatic N) is 2. The Kier molecular flexibility index (Phi) is 7.25. The number of hydrogen-bond acceptors (Lipinski definition) is 4. The molecule has 0 atom stereocenters. The molecule has 0 amide bonds. The molecule has 0 aliphatic rings. The molecular weight excluding hydrogens is 332 g/mol. The van der Waals surface area contributed by atoms with Crippen LogP contribution in [0.5, 0.6) is 5.75 Å². The SMILES string of the molecule is CCNC(=NCc1ccc(OC(C)C)cc1)NCc1nc(C)c(C)s1. The molecule has 25 heavy (non-hydrogen) atoms. The Morgan fingerprint density at radius 1 is 1.20 bits per heavy atom. The lowest BCUT2D eigenvalue weighted by Gasteiger charge is -2.11. The third-order valence-electron chi connectivity index (χ3n) is 3.54. The summed E-state index contributed by atoms with van der Waals surface area (Å²) in [4.78, 5) is 10.5. The number of hydrogen-bond donors (Lipinski definition) is 2. The van der Waals surface area contributed by atoms with Gasteiger partial charge in [-0.1, -0.05) is 12.1 Å². The summed E-state index contributed by atoms with van der Waals surface area (Å²) >= 11 is 1.72. The molecule has 0 fully saturated rings. The van der Waals surface area contributed by atoms with E-state index >= 15 is 0 Å². The first-order chi connectivity index (χ1) is 12.0. The lowest BCUT2D eigenvalue weighted by atomic mass is 10.2. The predicted octanol–water partition coefficient (Wildman–Crippen LogP) is 3.80. The first-order valence-corrected chi connectivity index (χ1v) is 9.50. The molecule has 2 aromatic rings. The van der Waals surface area contributed by atoms with E-state index in [1.165, 1.54) is 4.88 Å². The molecule has 1 aromatic carbocycles. The van der Waals surface area contributed by atoms with Crippen LogP contribution in [0, 0.1) is 13.8 Å². The first kappa shape index (κ1) is 19.2. The van der Waals surface area contributed by atoms with Gasteiger partial charge in [-0.15, -0.1) is 11.3 Å². The van der Waals surface area contributed by atoms with Gasteiger partial charge in [-0.05, 0) is 52.3 Å². The van der Waals surface area contributed by atoms with Crippen molar-refractivity contribution in [3.8, 4) is 5.75 Å². The number of nitrogens with one attached hydrogen (secondary N) is 2. The minimum atomic E-state index is 0.187. The molecule has 1 aromatic heterocycles. The largest absolute Gasteiger partial charge is 0.491 e. The summed E-state index contributed by atoms with van der Waals surface area (Å²) in [5.41, 5.74) is 2.25. The highest BCUT2D eigenvalue weighted by molar-refractivity contribution is 7.11. The van der Waals surface area contributed by atoms with Crippen LogP contribution in [-0.2, 0) is 13.1 Å². The molecule has 6 heteroatoms. The molecule has 0 saturated carbocycles. The Balaban J connectivity index is 1.94. The van der Waals surface area contributed by atoms with Crippen molar-refractivity contribution in [3.63, 3.8) is 0 Å². The average molecular weight is 361 g/mol. The van der Waals surface area contributed by atoms with Crippen molar-refractivity contribution in [2.24, 2.45) is 4.99 Å². The summed E-state index contributed by atoms with van der Waals surface area (Å²) < 4.78 is 5.67. The lowest BCUT2D eigenvalue weighted by molar-refractivity contribution is 0.242. The van der Waals surface area contributed by atoms with Crippen molar-refractivity contribution < 1.29 is 4.74 Å². The zero-order valence-corrected chi connectivity index (χ0v) is 16.5. The number of guanidine groups is 1. The fraction of sp³-hybridized carbons (Fsp3) is 0.474. The van der Waals surface area contributed by atoms with Crippen LogP contribution in [0.15, 0.2) is 29.3 Å². The highest BCUT2D eigenvalue weighted by Gasteiger charge is 2.05. The quantitative estimate of drug-likeness (QED) is 0.582. The van der Waals surface area contributed by atoms with E-state index in [2.05, 4.69) is 46.6 Å². The maximum absolute atomic E-state index is 5.67. The van der Waals surface area contributed by atoms with Gasteiger partial charge in [0.15, 0.2) is 5.96 Å². The second-order valence-electron chi connectivity index (χ2n) is 6.11. The Bertz CT molecular complexity index is 672. The zero-order valence-electron chi connectivity index (χ0n) is 15.7. The molecule has 0 aliphatic carbocycles. The van der Waals surface area contributed by atoms with Crippen molar-refractivity contribution in [1.82, 2.24) is 15.6 Å². The number of thiazole rings is 1. The lowest BCUT2D eigenvalue weighted by Crippen LogP contribution is -2.36. The van der Waals surface area contributed by atoms with Gasteiger partial charge in [0.25, 0.3) is 0 Å². The molecule has 2 rings (SSSR count). The van der Waals surface area contributed by atoms with Crippen LogP contribution in [0.4, 0.5) is 0 Å². The predicted molar refractivity (Wildman–Crippen MR) is 105 cm³/mol. The molecule has 1 heterocycles. The smallest absolute Gasteiger partial charge is 0.191 e. The number of aliphatic imine (C=N–C) groups is 1. The standard InChI is InChI=1S/C19H28N4OS/c1-6-20-19(22-12-18-23-14(4)15(5)25-18)21-11-16-7-9-17(10-8-16)24-13(2)3/h7-10,13H,6,11-12H2,1-5H3,(H2,20,21,22). The van der Waals surface area contributed by atoms with Gasteiger partial charge >= 0.3 is 0 Å². The maximum atomic E-state index is 5.67. The number of aromatic nitrogens is 1. The molecule has 136 valence electrons. The number of rotatable bonds is 7. The fourth-order valence-electron chi connectivity index (χ4n) is 2.23. The molecule has 5 nitrogen and oxygen atoms in total. The molecular formula is C19H28N4OS. The van der Waals surface area contributed by atoms with E-state index < -0.39 is 0 Å². The highest BCUT2D eigenvalue weighted by Crippen LogP contribution is 2.16. The van der Waals surface area contributed by atoms with Crippen LogP contribution < -0.4 is 15.4 Å². The van der Waals surface area contributed by atoms with Crippen molar-refractivity contribution in [1.29, 1.82) is 0 Å². The number of benzene rings is 1. The van der Waals surface area contributed by atoms with Gasteiger partial charge in [0.05, 0.1) is 24.9 Å². The Labute approximate surface area is 154 Å². The minimum Gasteiger partial charge on any atom is -0.491 e. The molecule has 0 saturated heterocycles. The van der Waals surface area contributed by atoms with Gasteiger partial charge < -0.3 is 15.4 Å². The topological polar surface area (TPSA) is 58.5 Å². The molecule has 0 unspecified atom stereocenters. The second-order valence-corrected chi connectivity index (χ2v) is 7.40. The van der Waals surface area contributed by atoms with Crippen LogP contribution in [0.3, 0.4) is 0 Å². The molecule has 0 spiro atoms. The van der Waals surface area contributed by atoms with E-state index in [9.17, 15) is 0 Å². The summed E-state index contributed by atoms with van der Waals surface area (Å²) in [6.07, 6.45) is 0.187. The normalized spacial score (nSPS) is 11.7. The molecule has 0 radical (unpaired) electrons. The van der Waals surface area contributed by atoms with Crippen molar-refractivity contribution >= 4 is 17.3 Å². The van der Waals surface area contributed by atoms with E-state index in [4.69, 9.17) is 4.74 Å². The second kappa shape index (κ2) is 9.42. The Hall–Kier alpha value is -2.08. The van der Waals surface area contributed by atoms with Crippen LogP contribution >= 0.6 is 11.3 Å². The van der Waals surface area contributed by atoms with Crippen molar-refractivity contribution in [2.75, 3.05) is 6.54 Å². The van der Waals surface area contributed by atoms with Crippen molar-refractivity contribution in [2.45, 2.75) is 53.8 Å². The fourth-order valence-corrected chi connectivity index (χ4v) is 3.11. The van der Waals surface area contributed by atoms with Gasteiger partial charge in [0, 0.05) is 11.4 Å². The van der Waals surface area contributed by atoms with Crippen LogP contribution in [-0.4, -0.2) is 23.6 Å². The van der Waals surface area contributed by atoms with Gasteiger partial charge in [0.2, 0.25) is 0 Å². The van der Waals surface area contributed by atoms with Crippen LogP contribution in [0.25, 0.3) is 0 Å². The summed E-state index contributed by atoms with van der Waals surface area (Å²) in [5.74, 6) is 1.69. The summed E-state index contributed by atoms with van der Waals surface area (Å²) in [6.45, 7) is 12.4. The van der Waals surface area contributed by atoms with Gasteiger partial charge in [0.1, 0.15) is 10.8 Å². The van der Waals surface area contributed by atoms with E-state index in [-0.39, 0.29) is 6.10 Å². The highest BCUT2D eigenvalue weighted by atomic mass is 32.1.